The maximum absolute atomic E-state index is 11.3. The van der Waals surface area contributed by atoms with Crippen LogP contribution in [-0.4, -0.2) is 26.1 Å². The molecule has 1 amide bonds. The second kappa shape index (κ2) is 7.71. The van der Waals surface area contributed by atoms with Gasteiger partial charge in [0.2, 0.25) is 5.91 Å². The van der Waals surface area contributed by atoms with Gasteiger partial charge in [-0.2, -0.15) is 0 Å². The Morgan fingerprint density at radius 1 is 1.39 bits per heavy atom. The molecule has 0 aliphatic rings. The number of benzene rings is 1. The highest BCUT2D eigenvalue weighted by Crippen LogP contribution is 2.19. The Morgan fingerprint density at radius 2 is 2.17 bits per heavy atom. The lowest BCUT2D eigenvalue weighted by Crippen LogP contribution is -2.27. The molecular formula is C14H22N2O2. The Labute approximate surface area is 109 Å². The third-order valence-corrected chi connectivity index (χ3v) is 2.65. The Morgan fingerprint density at radius 3 is 2.83 bits per heavy atom. The number of ether oxygens (including phenoxy) is 1. The molecule has 0 spiro atoms. The number of nitrogens with one attached hydrogen (secondary N) is 2. The molecule has 18 heavy (non-hydrogen) atoms. The molecule has 0 saturated carbocycles. The highest BCUT2D eigenvalue weighted by atomic mass is 16.5. The van der Waals surface area contributed by atoms with E-state index in [0.29, 0.717) is 26.1 Å². The molecule has 1 aromatic carbocycles. The van der Waals surface area contributed by atoms with E-state index in [0.717, 1.165) is 11.3 Å². The van der Waals surface area contributed by atoms with Gasteiger partial charge in [-0.3, -0.25) is 4.79 Å². The van der Waals surface area contributed by atoms with E-state index in [1.807, 2.05) is 19.1 Å². The third-order valence-electron chi connectivity index (χ3n) is 2.65. The van der Waals surface area contributed by atoms with Crippen LogP contribution < -0.4 is 15.4 Å². The van der Waals surface area contributed by atoms with Crippen LogP contribution in [0.5, 0.6) is 5.75 Å². The van der Waals surface area contributed by atoms with Crippen molar-refractivity contribution in [1.82, 2.24) is 10.6 Å². The van der Waals surface area contributed by atoms with Crippen molar-refractivity contribution in [3.63, 3.8) is 0 Å². The van der Waals surface area contributed by atoms with Crippen LogP contribution in [0.15, 0.2) is 18.2 Å². The van der Waals surface area contributed by atoms with Crippen LogP contribution in [0.25, 0.3) is 0 Å². The minimum atomic E-state index is 0.0845. The summed E-state index contributed by atoms with van der Waals surface area (Å²) in [5.41, 5.74) is 2.32. The van der Waals surface area contributed by atoms with Crippen LogP contribution in [-0.2, 0) is 11.3 Å². The second-order valence-corrected chi connectivity index (χ2v) is 4.20. The summed E-state index contributed by atoms with van der Waals surface area (Å²) in [7, 11) is 1.67. The monoisotopic (exact) mass is 250 g/mol. The van der Waals surface area contributed by atoms with Gasteiger partial charge in [-0.1, -0.05) is 17.7 Å². The summed E-state index contributed by atoms with van der Waals surface area (Å²) >= 11 is 0. The number of hydrogen-bond donors (Lipinski definition) is 2. The van der Waals surface area contributed by atoms with E-state index in [-0.39, 0.29) is 5.91 Å². The quantitative estimate of drug-likeness (QED) is 0.723. The fourth-order valence-corrected chi connectivity index (χ4v) is 1.76. The van der Waals surface area contributed by atoms with Crippen molar-refractivity contribution in [2.45, 2.75) is 26.8 Å². The van der Waals surface area contributed by atoms with Crippen molar-refractivity contribution in [3.05, 3.63) is 29.3 Å². The van der Waals surface area contributed by atoms with Gasteiger partial charge in [0, 0.05) is 31.6 Å². The van der Waals surface area contributed by atoms with Crippen LogP contribution in [0, 0.1) is 6.92 Å². The zero-order chi connectivity index (χ0) is 13.4. The number of hydrogen-bond acceptors (Lipinski definition) is 3. The van der Waals surface area contributed by atoms with Crippen LogP contribution in [0.1, 0.15) is 24.5 Å². The molecule has 0 heterocycles. The smallest absolute Gasteiger partial charge is 0.221 e. The summed E-state index contributed by atoms with van der Waals surface area (Å²) in [5, 5.41) is 6.02. The number of rotatable bonds is 7. The van der Waals surface area contributed by atoms with Crippen molar-refractivity contribution < 1.29 is 9.53 Å². The first-order valence-electron chi connectivity index (χ1n) is 6.28. The molecule has 0 radical (unpaired) electrons. The molecule has 0 fully saturated rings. The largest absolute Gasteiger partial charge is 0.496 e. The Hall–Kier alpha value is -1.55. The average molecular weight is 250 g/mol. The third kappa shape index (κ3) is 4.75. The van der Waals surface area contributed by atoms with Gasteiger partial charge in [-0.05, 0) is 19.9 Å². The van der Waals surface area contributed by atoms with Gasteiger partial charge < -0.3 is 15.4 Å². The van der Waals surface area contributed by atoms with E-state index in [1.165, 1.54) is 5.56 Å². The molecule has 0 bridgehead atoms. The first kappa shape index (κ1) is 14.5. The number of methoxy groups -OCH3 is 1. The molecule has 1 rings (SSSR count). The lowest BCUT2D eigenvalue weighted by molar-refractivity contribution is -0.120. The molecule has 0 aliphatic heterocycles. The van der Waals surface area contributed by atoms with E-state index in [2.05, 4.69) is 23.6 Å². The van der Waals surface area contributed by atoms with Crippen molar-refractivity contribution in [3.8, 4) is 5.75 Å². The molecule has 0 atom stereocenters. The molecule has 4 nitrogen and oxygen atoms in total. The zero-order valence-corrected chi connectivity index (χ0v) is 11.4. The predicted molar refractivity (Wildman–Crippen MR) is 72.7 cm³/mol. The molecule has 0 aliphatic carbocycles. The molecule has 2 N–H and O–H groups in total. The summed E-state index contributed by atoms with van der Waals surface area (Å²) in [4.78, 5) is 11.3. The van der Waals surface area contributed by atoms with E-state index in [1.54, 1.807) is 7.11 Å². The highest BCUT2D eigenvalue weighted by molar-refractivity contribution is 5.75. The molecule has 0 unspecified atom stereocenters. The van der Waals surface area contributed by atoms with Crippen LogP contribution in [0.4, 0.5) is 0 Å². The summed E-state index contributed by atoms with van der Waals surface area (Å²) in [6.45, 7) is 6.04. The Balaban J connectivity index is 2.39. The van der Waals surface area contributed by atoms with Gasteiger partial charge in [0.25, 0.3) is 0 Å². The summed E-state index contributed by atoms with van der Waals surface area (Å²) in [6.07, 6.45) is 0.502. The Kier molecular flexibility index (Phi) is 6.22. The van der Waals surface area contributed by atoms with Gasteiger partial charge in [0.05, 0.1) is 7.11 Å². The van der Waals surface area contributed by atoms with Crippen molar-refractivity contribution in [2.75, 3.05) is 20.2 Å². The summed E-state index contributed by atoms with van der Waals surface area (Å²) in [5.74, 6) is 0.965. The SMILES string of the molecule is CCNC(=O)CCNCc1cc(C)ccc1OC. The maximum Gasteiger partial charge on any atom is 0.221 e. The number of carbonyl (C=O) groups excluding carboxylic acids is 1. The van der Waals surface area contributed by atoms with Crippen LogP contribution >= 0.6 is 0 Å². The number of aryl methyl sites for hydroxylation is 1. The first-order valence-corrected chi connectivity index (χ1v) is 6.28. The van der Waals surface area contributed by atoms with Gasteiger partial charge >= 0.3 is 0 Å². The van der Waals surface area contributed by atoms with E-state index < -0.39 is 0 Å². The standard InChI is InChI=1S/C14H22N2O2/c1-4-16-14(17)7-8-15-10-12-9-11(2)5-6-13(12)18-3/h5-6,9,15H,4,7-8,10H2,1-3H3,(H,16,17). The summed E-state index contributed by atoms with van der Waals surface area (Å²) < 4.78 is 5.30. The average Bonchev–Trinajstić information content (AvgIpc) is 2.35. The van der Waals surface area contributed by atoms with Crippen LogP contribution in [0.3, 0.4) is 0 Å². The van der Waals surface area contributed by atoms with Gasteiger partial charge in [-0.25, -0.2) is 0 Å². The second-order valence-electron chi connectivity index (χ2n) is 4.20. The molecule has 4 heteroatoms. The van der Waals surface area contributed by atoms with E-state index in [9.17, 15) is 4.79 Å². The maximum atomic E-state index is 11.3. The fraction of sp³-hybridized carbons (Fsp3) is 0.500. The van der Waals surface area contributed by atoms with Gasteiger partial charge in [0.1, 0.15) is 5.75 Å². The number of carbonyl (C=O) groups is 1. The molecule has 1 aromatic rings. The minimum absolute atomic E-state index is 0.0845. The van der Waals surface area contributed by atoms with Gasteiger partial charge in [0.15, 0.2) is 0 Å². The van der Waals surface area contributed by atoms with Crippen molar-refractivity contribution >= 4 is 5.91 Å². The fourth-order valence-electron chi connectivity index (χ4n) is 1.76. The predicted octanol–water partition coefficient (Wildman–Crippen LogP) is 1.62. The highest BCUT2D eigenvalue weighted by Gasteiger charge is 2.03. The van der Waals surface area contributed by atoms with E-state index in [4.69, 9.17) is 4.74 Å². The summed E-state index contributed by atoms with van der Waals surface area (Å²) in [6, 6.07) is 6.09. The molecule has 100 valence electrons. The Bertz CT molecular complexity index is 391. The lowest BCUT2D eigenvalue weighted by atomic mass is 10.1. The minimum Gasteiger partial charge on any atom is -0.496 e. The number of amides is 1. The topological polar surface area (TPSA) is 50.4 Å². The van der Waals surface area contributed by atoms with E-state index >= 15 is 0 Å². The molecular weight excluding hydrogens is 228 g/mol. The van der Waals surface area contributed by atoms with Crippen molar-refractivity contribution in [2.24, 2.45) is 0 Å². The lowest BCUT2D eigenvalue weighted by Gasteiger charge is -2.10. The zero-order valence-electron chi connectivity index (χ0n) is 11.4. The molecule has 0 saturated heterocycles. The normalized spacial score (nSPS) is 10.2. The molecule has 0 aromatic heterocycles. The van der Waals surface area contributed by atoms with Crippen molar-refractivity contribution in [1.29, 1.82) is 0 Å². The first-order chi connectivity index (χ1) is 8.67. The van der Waals surface area contributed by atoms with Crippen LogP contribution in [0.2, 0.25) is 0 Å². The van der Waals surface area contributed by atoms with Gasteiger partial charge in [-0.15, -0.1) is 0 Å².